The summed E-state index contributed by atoms with van der Waals surface area (Å²) >= 11 is 0. The van der Waals surface area contributed by atoms with Gasteiger partial charge < -0.3 is 15.4 Å². The van der Waals surface area contributed by atoms with Crippen LogP contribution in [-0.4, -0.2) is 37.0 Å². The highest BCUT2D eigenvalue weighted by atomic mass is 16.4. The van der Waals surface area contributed by atoms with E-state index in [-0.39, 0.29) is 18.7 Å². The number of amides is 1. The number of H-pyrrole nitrogens is 1. The Kier molecular flexibility index (Phi) is 4.41. The molecule has 0 radical (unpaired) electrons. The van der Waals surface area contributed by atoms with Crippen LogP contribution in [0.5, 0.6) is 0 Å². The zero-order valence-corrected chi connectivity index (χ0v) is 12.9. The van der Waals surface area contributed by atoms with Crippen molar-refractivity contribution in [1.29, 1.82) is 0 Å². The standard InChI is InChI=1S/C15H17N5O4/c21-13(22)8-20-7-10(18-19-20)6-16-14(23)11-5-9-3-1-2-4-12(9)17-15(11)24/h5,7H,1-4,6,8H2,(H,16,23)(H,17,24)(H,21,22). The first-order valence-corrected chi connectivity index (χ1v) is 7.67. The van der Waals surface area contributed by atoms with Crippen molar-refractivity contribution in [2.24, 2.45) is 0 Å². The molecule has 0 atom stereocenters. The molecule has 2 aromatic rings. The molecule has 0 bridgehead atoms. The number of carbonyl (C=O) groups excluding carboxylic acids is 1. The first kappa shape index (κ1) is 15.9. The van der Waals surface area contributed by atoms with E-state index in [1.807, 2.05) is 0 Å². The van der Waals surface area contributed by atoms with Crippen molar-refractivity contribution in [1.82, 2.24) is 25.3 Å². The molecule has 2 heterocycles. The van der Waals surface area contributed by atoms with Gasteiger partial charge in [0, 0.05) is 5.69 Å². The van der Waals surface area contributed by atoms with Crippen LogP contribution < -0.4 is 10.9 Å². The number of aromatic amines is 1. The SMILES string of the molecule is O=C(O)Cn1cc(CNC(=O)c2cc3c([nH]c2=O)CCCC3)nn1. The maximum absolute atomic E-state index is 12.2. The first-order chi connectivity index (χ1) is 11.5. The van der Waals surface area contributed by atoms with E-state index in [9.17, 15) is 14.4 Å². The molecule has 1 aliphatic carbocycles. The highest BCUT2D eigenvalue weighted by molar-refractivity contribution is 5.94. The van der Waals surface area contributed by atoms with E-state index >= 15 is 0 Å². The summed E-state index contributed by atoms with van der Waals surface area (Å²) < 4.78 is 1.16. The molecule has 0 aliphatic heterocycles. The van der Waals surface area contributed by atoms with E-state index in [1.165, 1.54) is 6.20 Å². The summed E-state index contributed by atoms with van der Waals surface area (Å²) in [5.74, 6) is -1.52. The minimum atomic E-state index is -1.03. The van der Waals surface area contributed by atoms with Crippen molar-refractivity contribution in [2.75, 3.05) is 0 Å². The second-order valence-electron chi connectivity index (χ2n) is 5.71. The smallest absolute Gasteiger partial charge is 0.325 e. The van der Waals surface area contributed by atoms with Gasteiger partial charge in [0.1, 0.15) is 17.8 Å². The number of rotatable bonds is 5. The van der Waals surface area contributed by atoms with Crippen LogP contribution in [-0.2, 0) is 30.7 Å². The molecule has 0 saturated carbocycles. The third-order valence-corrected chi connectivity index (χ3v) is 3.90. The lowest BCUT2D eigenvalue weighted by Gasteiger charge is -2.15. The molecule has 9 nitrogen and oxygen atoms in total. The maximum Gasteiger partial charge on any atom is 0.325 e. The zero-order chi connectivity index (χ0) is 17.1. The fourth-order valence-electron chi connectivity index (χ4n) is 2.75. The van der Waals surface area contributed by atoms with Crippen LogP contribution in [0.4, 0.5) is 0 Å². The second kappa shape index (κ2) is 6.65. The van der Waals surface area contributed by atoms with Gasteiger partial charge in [0.15, 0.2) is 0 Å². The molecule has 0 fully saturated rings. The van der Waals surface area contributed by atoms with Crippen LogP contribution in [0.2, 0.25) is 0 Å². The Balaban J connectivity index is 1.68. The van der Waals surface area contributed by atoms with E-state index in [4.69, 9.17) is 5.11 Å². The Bertz CT molecular complexity index is 839. The van der Waals surface area contributed by atoms with Gasteiger partial charge in [0.2, 0.25) is 0 Å². The number of hydrogen-bond acceptors (Lipinski definition) is 5. The topological polar surface area (TPSA) is 130 Å². The molecular formula is C15H17N5O4. The predicted octanol–water partition coefficient (Wildman–Crippen LogP) is -0.140. The summed E-state index contributed by atoms with van der Waals surface area (Å²) in [4.78, 5) is 37.7. The van der Waals surface area contributed by atoms with Crippen LogP contribution in [0.3, 0.4) is 0 Å². The highest BCUT2D eigenvalue weighted by Crippen LogP contribution is 2.18. The van der Waals surface area contributed by atoms with E-state index in [0.29, 0.717) is 5.69 Å². The number of aromatic nitrogens is 4. The van der Waals surface area contributed by atoms with Gasteiger partial charge in [-0.2, -0.15) is 0 Å². The third kappa shape index (κ3) is 3.50. The van der Waals surface area contributed by atoms with Gasteiger partial charge in [-0.25, -0.2) is 4.68 Å². The number of aryl methyl sites for hydroxylation is 2. The van der Waals surface area contributed by atoms with Gasteiger partial charge in [-0.1, -0.05) is 5.21 Å². The summed E-state index contributed by atoms with van der Waals surface area (Å²) in [5.41, 5.74) is 2.02. The largest absolute Gasteiger partial charge is 0.480 e. The monoisotopic (exact) mass is 331 g/mol. The number of fused-ring (bicyclic) bond motifs is 1. The lowest BCUT2D eigenvalue weighted by molar-refractivity contribution is -0.137. The van der Waals surface area contributed by atoms with Gasteiger partial charge >= 0.3 is 5.97 Å². The molecule has 126 valence electrons. The molecule has 3 rings (SSSR count). The fourth-order valence-corrected chi connectivity index (χ4v) is 2.75. The molecule has 9 heteroatoms. The molecule has 2 aromatic heterocycles. The minimum Gasteiger partial charge on any atom is -0.480 e. The predicted molar refractivity (Wildman–Crippen MR) is 82.5 cm³/mol. The van der Waals surface area contributed by atoms with Crippen molar-refractivity contribution in [3.8, 4) is 0 Å². The number of carboxylic acids is 1. The van der Waals surface area contributed by atoms with E-state index in [0.717, 1.165) is 41.6 Å². The van der Waals surface area contributed by atoms with Gasteiger partial charge in [0.05, 0.1) is 12.7 Å². The van der Waals surface area contributed by atoms with Gasteiger partial charge in [-0.05, 0) is 37.3 Å². The molecule has 1 amide bonds. The lowest BCUT2D eigenvalue weighted by atomic mass is 9.95. The summed E-state index contributed by atoms with van der Waals surface area (Å²) in [6.07, 6.45) is 5.22. The fraction of sp³-hybridized carbons (Fsp3) is 0.400. The van der Waals surface area contributed by atoms with Crippen LogP contribution in [0.25, 0.3) is 0 Å². The number of nitrogens with zero attached hydrogens (tertiary/aromatic N) is 3. The summed E-state index contributed by atoms with van der Waals surface area (Å²) in [6.45, 7) is -0.236. The number of carbonyl (C=O) groups is 2. The summed E-state index contributed by atoms with van der Waals surface area (Å²) in [7, 11) is 0. The average molecular weight is 331 g/mol. The molecular weight excluding hydrogens is 314 g/mol. The van der Waals surface area contributed by atoms with Gasteiger partial charge in [0.25, 0.3) is 11.5 Å². The van der Waals surface area contributed by atoms with Gasteiger partial charge in [-0.3, -0.25) is 14.4 Å². The molecule has 1 aliphatic rings. The Morgan fingerprint density at radius 2 is 2.12 bits per heavy atom. The molecule has 3 N–H and O–H groups in total. The summed E-state index contributed by atoms with van der Waals surface area (Å²) in [5, 5.41) is 18.7. The molecule has 24 heavy (non-hydrogen) atoms. The number of aliphatic carboxylic acids is 1. The number of pyridine rings is 1. The average Bonchev–Trinajstić information content (AvgIpc) is 2.98. The van der Waals surface area contributed by atoms with Crippen molar-refractivity contribution < 1.29 is 14.7 Å². The molecule has 0 unspecified atom stereocenters. The van der Waals surface area contributed by atoms with Crippen molar-refractivity contribution in [3.05, 3.63) is 45.1 Å². The van der Waals surface area contributed by atoms with Crippen LogP contribution in [0, 0.1) is 0 Å². The zero-order valence-electron chi connectivity index (χ0n) is 12.9. The van der Waals surface area contributed by atoms with Crippen LogP contribution in [0.15, 0.2) is 17.1 Å². The molecule has 0 saturated heterocycles. The number of nitrogens with one attached hydrogen (secondary N) is 2. The Hall–Kier alpha value is -2.97. The Morgan fingerprint density at radius 3 is 2.92 bits per heavy atom. The Labute approximate surface area is 136 Å². The van der Waals surface area contributed by atoms with Crippen molar-refractivity contribution in [2.45, 2.75) is 38.8 Å². The third-order valence-electron chi connectivity index (χ3n) is 3.90. The van der Waals surface area contributed by atoms with E-state index < -0.39 is 17.4 Å². The number of hydrogen-bond donors (Lipinski definition) is 3. The van der Waals surface area contributed by atoms with Crippen LogP contribution in [0.1, 0.15) is 40.2 Å². The van der Waals surface area contributed by atoms with Crippen LogP contribution >= 0.6 is 0 Å². The second-order valence-corrected chi connectivity index (χ2v) is 5.71. The molecule has 0 spiro atoms. The Morgan fingerprint density at radius 1 is 1.33 bits per heavy atom. The highest BCUT2D eigenvalue weighted by Gasteiger charge is 2.17. The first-order valence-electron chi connectivity index (χ1n) is 7.67. The van der Waals surface area contributed by atoms with Gasteiger partial charge in [-0.15, -0.1) is 5.10 Å². The lowest BCUT2D eigenvalue weighted by Crippen LogP contribution is -2.30. The summed E-state index contributed by atoms with van der Waals surface area (Å²) in [6, 6.07) is 1.66. The maximum atomic E-state index is 12.2. The quantitative estimate of drug-likeness (QED) is 0.699. The normalized spacial score (nSPS) is 13.3. The minimum absolute atomic E-state index is 0.0645. The van der Waals surface area contributed by atoms with Crippen molar-refractivity contribution in [3.63, 3.8) is 0 Å². The van der Waals surface area contributed by atoms with E-state index in [1.54, 1.807) is 6.07 Å². The number of carboxylic acid groups (broad SMARTS) is 1. The van der Waals surface area contributed by atoms with E-state index in [2.05, 4.69) is 20.6 Å². The van der Waals surface area contributed by atoms with Crippen molar-refractivity contribution >= 4 is 11.9 Å². The molecule has 0 aromatic carbocycles.